The van der Waals surface area contributed by atoms with Gasteiger partial charge in [0, 0.05) is 49.4 Å². The van der Waals surface area contributed by atoms with Gasteiger partial charge in [-0.05, 0) is 48.0 Å². The van der Waals surface area contributed by atoms with E-state index in [4.69, 9.17) is 0 Å². The van der Waals surface area contributed by atoms with Crippen molar-refractivity contribution in [3.05, 3.63) is 102 Å². The van der Waals surface area contributed by atoms with Gasteiger partial charge in [-0.3, -0.25) is 14.8 Å². The lowest BCUT2D eigenvalue weighted by atomic mass is 10.1. The lowest BCUT2D eigenvalue weighted by Crippen LogP contribution is -2.25. The van der Waals surface area contributed by atoms with Crippen LogP contribution in [-0.4, -0.2) is 32.5 Å². The van der Waals surface area contributed by atoms with Crippen LogP contribution in [0.2, 0.25) is 0 Å². The Morgan fingerprint density at radius 1 is 0.969 bits per heavy atom. The molecule has 1 aromatic carbocycles. The molecule has 1 amide bonds. The highest BCUT2D eigenvalue weighted by Gasteiger charge is 2.15. The van der Waals surface area contributed by atoms with Crippen molar-refractivity contribution in [1.29, 1.82) is 0 Å². The summed E-state index contributed by atoms with van der Waals surface area (Å²) < 4.78 is 0. The molecule has 0 unspecified atom stereocenters. The molecular weight excluding hydrogens is 402 g/mol. The summed E-state index contributed by atoms with van der Waals surface area (Å²) >= 11 is 0. The normalized spacial score (nSPS) is 10.5. The molecule has 0 spiro atoms. The van der Waals surface area contributed by atoms with Crippen molar-refractivity contribution in [3.63, 3.8) is 0 Å². The van der Waals surface area contributed by atoms with Gasteiger partial charge in [0.25, 0.3) is 5.91 Å². The Hall–Kier alpha value is -4.26. The van der Waals surface area contributed by atoms with Crippen molar-refractivity contribution in [2.75, 3.05) is 11.9 Å². The summed E-state index contributed by atoms with van der Waals surface area (Å²) in [5.74, 6) is 0.405. The van der Waals surface area contributed by atoms with Gasteiger partial charge in [-0.25, -0.2) is 4.98 Å². The summed E-state index contributed by atoms with van der Waals surface area (Å²) in [5.41, 5.74) is 3.73. The van der Waals surface area contributed by atoms with E-state index in [1.807, 2.05) is 36.4 Å². The lowest BCUT2D eigenvalue weighted by molar-refractivity contribution is 0.0951. The Balaban J connectivity index is 1.55. The minimum atomic E-state index is -0.232. The average molecular weight is 425 g/mol. The van der Waals surface area contributed by atoms with Crippen molar-refractivity contribution in [3.8, 4) is 17.0 Å². The van der Waals surface area contributed by atoms with Crippen LogP contribution in [0.15, 0.2) is 85.3 Å². The van der Waals surface area contributed by atoms with E-state index in [1.54, 1.807) is 48.9 Å². The Kier molecular flexibility index (Phi) is 6.67. The van der Waals surface area contributed by atoms with E-state index in [-0.39, 0.29) is 11.7 Å². The number of benzene rings is 1. The third kappa shape index (κ3) is 5.46. The fraction of sp³-hybridized carbons (Fsp3) is 0.120. The summed E-state index contributed by atoms with van der Waals surface area (Å²) in [5, 5.41) is 16.0. The molecule has 4 rings (SSSR count). The number of phenolic OH excluding ortho intramolecular Hbond substituents is 1. The van der Waals surface area contributed by atoms with Gasteiger partial charge in [0.1, 0.15) is 11.6 Å². The standard InChI is InChI=1S/C25H23N5O2/c31-21-8-3-6-19(15-21)23-10-9-22(25(32)29-17-18-5-4-12-26-16-18)24(30-23)28-14-11-20-7-1-2-13-27-20/h1-10,12-13,15-16,31H,11,14,17H2,(H,28,30)(H,29,32). The molecule has 4 aromatic rings. The smallest absolute Gasteiger partial charge is 0.255 e. The fourth-order valence-electron chi connectivity index (χ4n) is 3.24. The second-order valence-corrected chi connectivity index (χ2v) is 7.18. The summed E-state index contributed by atoms with van der Waals surface area (Å²) in [6, 6.07) is 19.9. The SMILES string of the molecule is O=C(NCc1cccnc1)c1ccc(-c2cccc(O)c2)nc1NCCc1ccccn1. The van der Waals surface area contributed by atoms with Crippen LogP contribution >= 0.6 is 0 Å². The van der Waals surface area contributed by atoms with E-state index in [2.05, 4.69) is 25.6 Å². The van der Waals surface area contributed by atoms with Gasteiger partial charge in [0.05, 0.1) is 11.3 Å². The van der Waals surface area contributed by atoms with E-state index in [1.165, 1.54) is 0 Å². The number of hydrogen-bond acceptors (Lipinski definition) is 6. The molecule has 3 N–H and O–H groups in total. The third-order valence-corrected chi connectivity index (χ3v) is 4.86. The Morgan fingerprint density at radius 2 is 1.91 bits per heavy atom. The van der Waals surface area contributed by atoms with Crippen LogP contribution in [0.5, 0.6) is 5.75 Å². The summed E-state index contributed by atoms with van der Waals surface area (Å²) in [7, 11) is 0. The zero-order valence-electron chi connectivity index (χ0n) is 17.4. The molecule has 7 heteroatoms. The first-order valence-electron chi connectivity index (χ1n) is 10.3. The monoisotopic (exact) mass is 425 g/mol. The first kappa shape index (κ1) is 21.0. The maximum Gasteiger partial charge on any atom is 0.255 e. The maximum atomic E-state index is 12.9. The minimum absolute atomic E-state index is 0.159. The number of carbonyl (C=O) groups excluding carboxylic acids is 1. The second-order valence-electron chi connectivity index (χ2n) is 7.18. The molecule has 0 bridgehead atoms. The van der Waals surface area contributed by atoms with Gasteiger partial charge in [0.2, 0.25) is 0 Å². The van der Waals surface area contributed by atoms with Crippen molar-refractivity contribution in [1.82, 2.24) is 20.3 Å². The molecule has 0 fully saturated rings. The van der Waals surface area contributed by atoms with Gasteiger partial charge in [-0.2, -0.15) is 0 Å². The number of phenols is 1. The second kappa shape index (κ2) is 10.2. The fourth-order valence-corrected chi connectivity index (χ4v) is 3.24. The molecule has 0 radical (unpaired) electrons. The molecule has 3 aromatic heterocycles. The van der Waals surface area contributed by atoms with E-state index in [0.29, 0.717) is 36.6 Å². The van der Waals surface area contributed by atoms with Crippen LogP contribution in [0.1, 0.15) is 21.6 Å². The summed E-state index contributed by atoms with van der Waals surface area (Å²) in [6.45, 7) is 0.935. The largest absolute Gasteiger partial charge is 0.508 e. The number of aromatic nitrogens is 3. The predicted molar refractivity (Wildman–Crippen MR) is 123 cm³/mol. The molecular formula is C25H23N5O2. The molecule has 0 saturated carbocycles. The van der Waals surface area contributed by atoms with E-state index < -0.39 is 0 Å². The number of carbonyl (C=O) groups is 1. The van der Waals surface area contributed by atoms with Crippen LogP contribution in [-0.2, 0) is 13.0 Å². The van der Waals surface area contributed by atoms with Crippen molar-refractivity contribution >= 4 is 11.7 Å². The molecule has 3 heterocycles. The average Bonchev–Trinajstić information content (AvgIpc) is 2.84. The highest BCUT2D eigenvalue weighted by atomic mass is 16.3. The Morgan fingerprint density at radius 3 is 2.69 bits per heavy atom. The zero-order valence-corrected chi connectivity index (χ0v) is 17.4. The van der Waals surface area contributed by atoms with Crippen LogP contribution in [0.3, 0.4) is 0 Å². The summed E-state index contributed by atoms with van der Waals surface area (Å²) in [6.07, 6.45) is 5.86. The number of nitrogens with one attached hydrogen (secondary N) is 2. The topological polar surface area (TPSA) is 100 Å². The highest BCUT2D eigenvalue weighted by Crippen LogP contribution is 2.25. The van der Waals surface area contributed by atoms with Crippen LogP contribution < -0.4 is 10.6 Å². The number of anilines is 1. The number of aromatic hydroxyl groups is 1. The van der Waals surface area contributed by atoms with Crippen molar-refractivity contribution in [2.45, 2.75) is 13.0 Å². The highest BCUT2D eigenvalue weighted by molar-refractivity contribution is 5.99. The molecule has 7 nitrogen and oxygen atoms in total. The first-order chi connectivity index (χ1) is 15.7. The third-order valence-electron chi connectivity index (χ3n) is 4.86. The van der Waals surface area contributed by atoms with E-state index in [9.17, 15) is 9.90 Å². The van der Waals surface area contributed by atoms with Crippen molar-refractivity contribution in [2.24, 2.45) is 0 Å². The van der Waals surface area contributed by atoms with Gasteiger partial charge in [-0.15, -0.1) is 0 Å². The van der Waals surface area contributed by atoms with Crippen molar-refractivity contribution < 1.29 is 9.90 Å². The molecule has 0 atom stereocenters. The molecule has 0 aliphatic heterocycles. The van der Waals surface area contributed by atoms with Gasteiger partial charge in [-0.1, -0.05) is 24.3 Å². The molecule has 0 saturated heterocycles. The van der Waals surface area contributed by atoms with Gasteiger partial charge >= 0.3 is 0 Å². The first-order valence-corrected chi connectivity index (χ1v) is 10.3. The number of rotatable bonds is 8. The number of hydrogen-bond donors (Lipinski definition) is 3. The Labute approximate surface area is 186 Å². The summed E-state index contributed by atoms with van der Waals surface area (Å²) in [4.78, 5) is 26.0. The molecule has 0 aliphatic rings. The number of amides is 1. The van der Waals surface area contributed by atoms with Gasteiger partial charge in [0.15, 0.2) is 0 Å². The quantitative estimate of drug-likeness (QED) is 0.397. The molecule has 32 heavy (non-hydrogen) atoms. The predicted octanol–water partition coefficient (Wildman–Crippen LogP) is 3.83. The van der Waals surface area contributed by atoms with Crippen LogP contribution in [0.4, 0.5) is 5.82 Å². The molecule has 0 aliphatic carbocycles. The van der Waals surface area contributed by atoms with Crippen LogP contribution in [0, 0.1) is 0 Å². The number of pyridine rings is 3. The molecule has 160 valence electrons. The van der Waals surface area contributed by atoms with Crippen LogP contribution in [0.25, 0.3) is 11.3 Å². The van der Waals surface area contributed by atoms with E-state index in [0.717, 1.165) is 16.8 Å². The van der Waals surface area contributed by atoms with E-state index >= 15 is 0 Å². The Bertz CT molecular complexity index is 1180. The maximum absolute atomic E-state index is 12.9. The minimum Gasteiger partial charge on any atom is -0.508 e. The van der Waals surface area contributed by atoms with Gasteiger partial charge < -0.3 is 15.7 Å². The zero-order chi connectivity index (χ0) is 22.2. The number of nitrogens with zero attached hydrogens (tertiary/aromatic N) is 3. The lowest BCUT2D eigenvalue weighted by Gasteiger charge is -2.13.